The van der Waals surface area contributed by atoms with Crippen LogP contribution in [0.5, 0.6) is 0 Å². The van der Waals surface area contributed by atoms with Gasteiger partial charge < -0.3 is 20.7 Å². The number of benzene rings is 4. The van der Waals surface area contributed by atoms with Crippen LogP contribution in [0.4, 0.5) is 11.4 Å². The van der Waals surface area contributed by atoms with Crippen molar-refractivity contribution in [2.75, 3.05) is 17.2 Å². The molecule has 0 aromatic heterocycles. The third-order valence-corrected chi connectivity index (χ3v) is 7.21. The average Bonchev–Trinajstić information content (AvgIpc) is 3.03. The maximum Gasteiger partial charge on any atom is 0.338 e. The third kappa shape index (κ3) is 9.17. The number of thioether (sulfide) groups is 1. The van der Waals surface area contributed by atoms with E-state index in [1.54, 1.807) is 92.7 Å². The zero-order valence-electron chi connectivity index (χ0n) is 23.7. The van der Waals surface area contributed by atoms with Gasteiger partial charge in [-0.3, -0.25) is 14.4 Å². The highest BCUT2D eigenvalue weighted by atomic mass is 32.2. The molecule has 0 saturated carbocycles. The van der Waals surface area contributed by atoms with Crippen LogP contribution in [0.2, 0.25) is 0 Å². The smallest absolute Gasteiger partial charge is 0.338 e. The van der Waals surface area contributed by atoms with Gasteiger partial charge in [0.2, 0.25) is 5.91 Å². The molecule has 0 aliphatic rings. The second-order valence-electron chi connectivity index (χ2n) is 9.31. The van der Waals surface area contributed by atoms with Crippen molar-refractivity contribution in [1.29, 1.82) is 0 Å². The van der Waals surface area contributed by atoms with Crippen molar-refractivity contribution in [2.24, 2.45) is 0 Å². The maximum absolute atomic E-state index is 13.2. The molecule has 0 spiro atoms. The summed E-state index contributed by atoms with van der Waals surface area (Å²) in [7, 11) is 0. The molecular weight excluding hydrogens is 562 g/mol. The van der Waals surface area contributed by atoms with Crippen LogP contribution in [0, 0.1) is 0 Å². The zero-order valence-corrected chi connectivity index (χ0v) is 24.5. The number of carbonyl (C=O) groups is 4. The number of rotatable bonds is 11. The van der Waals surface area contributed by atoms with Crippen molar-refractivity contribution in [1.82, 2.24) is 5.32 Å². The van der Waals surface area contributed by atoms with Gasteiger partial charge in [0.25, 0.3) is 11.8 Å². The first-order valence-corrected chi connectivity index (χ1v) is 14.5. The lowest BCUT2D eigenvalue weighted by Crippen LogP contribution is -2.30. The fourth-order valence-electron chi connectivity index (χ4n) is 3.88. The molecule has 4 aromatic rings. The summed E-state index contributed by atoms with van der Waals surface area (Å²) in [6, 6.07) is 31.5. The Morgan fingerprint density at radius 1 is 0.744 bits per heavy atom. The van der Waals surface area contributed by atoms with Crippen LogP contribution in [0.3, 0.4) is 0 Å². The molecule has 0 bridgehead atoms. The molecule has 3 N–H and O–H groups in total. The van der Waals surface area contributed by atoms with Crippen LogP contribution < -0.4 is 16.0 Å². The summed E-state index contributed by atoms with van der Waals surface area (Å²) in [5.41, 5.74) is 2.80. The number of carbonyl (C=O) groups excluding carboxylic acids is 4. The molecule has 0 aliphatic carbocycles. The molecule has 0 aliphatic heterocycles. The second kappa shape index (κ2) is 15.2. The van der Waals surface area contributed by atoms with Crippen LogP contribution >= 0.6 is 11.8 Å². The average molecular weight is 594 g/mol. The topological polar surface area (TPSA) is 114 Å². The highest BCUT2D eigenvalue weighted by molar-refractivity contribution is 8.00. The molecule has 3 amide bonds. The molecule has 0 fully saturated rings. The number of hydrogen-bond acceptors (Lipinski definition) is 6. The van der Waals surface area contributed by atoms with E-state index in [1.165, 1.54) is 11.8 Å². The second-order valence-corrected chi connectivity index (χ2v) is 10.7. The molecule has 218 valence electrons. The summed E-state index contributed by atoms with van der Waals surface area (Å²) >= 11 is 1.36. The molecule has 4 aromatic carbocycles. The van der Waals surface area contributed by atoms with E-state index in [2.05, 4.69) is 16.0 Å². The monoisotopic (exact) mass is 593 g/mol. The number of anilines is 2. The predicted octanol–water partition coefficient (Wildman–Crippen LogP) is 6.39. The molecule has 9 heteroatoms. The van der Waals surface area contributed by atoms with Gasteiger partial charge in [-0.2, -0.15) is 0 Å². The molecule has 8 nitrogen and oxygen atoms in total. The van der Waals surface area contributed by atoms with Gasteiger partial charge >= 0.3 is 5.97 Å². The van der Waals surface area contributed by atoms with E-state index in [0.29, 0.717) is 29.1 Å². The normalized spacial score (nSPS) is 11.6. The Labute approximate surface area is 254 Å². The van der Waals surface area contributed by atoms with Crippen molar-refractivity contribution in [3.05, 3.63) is 132 Å². The summed E-state index contributed by atoms with van der Waals surface area (Å²) in [6.45, 7) is 3.82. The van der Waals surface area contributed by atoms with E-state index in [-0.39, 0.29) is 11.6 Å². The Balaban J connectivity index is 1.37. The Bertz CT molecular complexity index is 1590. The minimum absolute atomic E-state index is 0.0964. The lowest BCUT2D eigenvalue weighted by Gasteiger charge is -2.14. The number of nitrogens with one attached hydrogen (secondary N) is 3. The third-order valence-electron chi connectivity index (χ3n) is 6.10. The first-order valence-electron chi connectivity index (χ1n) is 13.6. The number of hydrogen-bond donors (Lipinski definition) is 3. The summed E-state index contributed by atoms with van der Waals surface area (Å²) in [4.78, 5) is 51.4. The Morgan fingerprint density at radius 3 is 1.95 bits per heavy atom. The quantitative estimate of drug-likeness (QED) is 0.106. The molecular formula is C34H31N3O5S. The Morgan fingerprint density at radius 2 is 1.33 bits per heavy atom. The highest BCUT2D eigenvalue weighted by Gasteiger charge is 2.17. The largest absolute Gasteiger partial charge is 0.462 e. The van der Waals surface area contributed by atoms with E-state index < -0.39 is 23.0 Å². The van der Waals surface area contributed by atoms with Crippen LogP contribution in [0.1, 0.15) is 40.1 Å². The van der Waals surface area contributed by atoms with Crippen molar-refractivity contribution in [2.45, 2.75) is 24.0 Å². The van der Waals surface area contributed by atoms with E-state index in [0.717, 1.165) is 10.5 Å². The number of ether oxygens (including phenoxy) is 1. The summed E-state index contributed by atoms with van der Waals surface area (Å²) in [6.07, 6.45) is 1.62. The van der Waals surface area contributed by atoms with Gasteiger partial charge in [-0.15, -0.1) is 11.8 Å². The van der Waals surface area contributed by atoms with E-state index in [1.807, 2.05) is 36.4 Å². The first-order chi connectivity index (χ1) is 20.8. The lowest BCUT2D eigenvalue weighted by atomic mass is 10.1. The number of esters is 1. The predicted molar refractivity (Wildman–Crippen MR) is 170 cm³/mol. The van der Waals surface area contributed by atoms with Crippen molar-refractivity contribution >= 4 is 52.9 Å². The summed E-state index contributed by atoms with van der Waals surface area (Å²) < 4.78 is 4.98. The lowest BCUT2D eigenvalue weighted by molar-refractivity contribution is -0.115. The summed E-state index contributed by atoms with van der Waals surface area (Å²) in [5.74, 6) is -1.48. The molecule has 0 saturated heterocycles. The SMILES string of the molecule is CCOC(=O)c1ccc(NC(=O)C(C)Sc2ccc(NC(=O)/C(=C/c3ccccc3)NC(=O)c3ccccc3)cc2)cc1. The van der Waals surface area contributed by atoms with Gasteiger partial charge in [0.1, 0.15) is 5.70 Å². The van der Waals surface area contributed by atoms with Gasteiger partial charge in [0.05, 0.1) is 17.4 Å². The minimum Gasteiger partial charge on any atom is -0.462 e. The van der Waals surface area contributed by atoms with Crippen molar-refractivity contribution < 1.29 is 23.9 Å². The Hall–Kier alpha value is -5.15. The van der Waals surface area contributed by atoms with Crippen LogP contribution in [-0.4, -0.2) is 35.5 Å². The highest BCUT2D eigenvalue weighted by Crippen LogP contribution is 2.26. The fourth-order valence-corrected chi connectivity index (χ4v) is 4.75. The number of amides is 3. The summed E-state index contributed by atoms with van der Waals surface area (Å²) in [5, 5.41) is 7.99. The van der Waals surface area contributed by atoms with E-state index in [9.17, 15) is 19.2 Å². The molecule has 4 rings (SSSR count). The molecule has 1 atom stereocenters. The zero-order chi connectivity index (χ0) is 30.6. The van der Waals surface area contributed by atoms with Gasteiger partial charge in [-0.1, -0.05) is 48.5 Å². The van der Waals surface area contributed by atoms with Crippen molar-refractivity contribution in [3.63, 3.8) is 0 Å². The minimum atomic E-state index is -0.477. The van der Waals surface area contributed by atoms with E-state index in [4.69, 9.17) is 4.74 Å². The molecule has 0 radical (unpaired) electrons. The fraction of sp³-hybridized carbons (Fsp3) is 0.118. The maximum atomic E-state index is 13.2. The van der Waals surface area contributed by atoms with Crippen molar-refractivity contribution in [3.8, 4) is 0 Å². The van der Waals surface area contributed by atoms with E-state index >= 15 is 0 Å². The van der Waals surface area contributed by atoms with Crippen LogP contribution in [0.25, 0.3) is 6.08 Å². The van der Waals surface area contributed by atoms with Crippen LogP contribution in [0.15, 0.2) is 120 Å². The van der Waals surface area contributed by atoms with Crippen LogP contribution in [-0.2, 0) is 14.3 Å². The molecule has 0 heterocycles. The van der Waals surface area contributed by atoms with Gasteiger partial charge in [-0.25, -0.2) is 4.79 Å². The van der Waals surface area contributed by atoms with Gasteiger partial charge in [0, 0.05) is 21.8 Å². The van der Waals surface area contributed by atoms with Gasteiger partial charge in [0.15, 0.2) is 0 Å². The van der Waals surface area contributed by atoms with Gasteiger partial charge in [-0.05, 0) is 86.2 Å². The standard InChI is InChI=1S/C34H31N3O5S/c1-3-42-34(41)26-14-16-27(17-15-26)35-31(38)23(2)43-29-20-18-28(19-21-29)36-33(40)30(22-24-10-6-4-7-11-24)37-32(39)25-12-8-5-9-13-25/h4-23H,3H2,1-2H3,(H,35,38)(H,36,40)(H,37,39)/b30-22-. The Kier molecular flexibility index (Phi) is 10.9. The molecule has 43 heavy (non-hydrogen) atoms. The molecule has 1 unspecified atom stereocenters. The first kappa shape index (κ1) is 30.8.